The number of nitrogens with one attached hydrogen (secondary N) is 1. The van der Waals surface area contributed by atoms with Crippen LogP contribution in [0.4, 0.5) is 0 Å². The monoisotopic (exact) mass is 335 g/mol. The Morgan fingerprint density at radius 1 is 1.09 bits per heavy atom. The number of aryl methyl sites for hydroxylation is 1. The fourth-order valence-electron chi connectivity index (χ4n) is 2.61. The Morgan fingerprint density at radius 2 is 1.82 bits per heavy atom. The molecule has 1 saturated heterocycles. The lowest BCUT2D eigenvalue weighted by Gasteiger charge is -2.31. The number of hydrogen-bond acceptors (Lipinski definition) is 3. The van der Waals surface area contributed by atoms with Gasteiger partial charge in [0.15, 0.2) is 0 Å². The number of hydrogen-bond donors (Lipinski definition) is 1. The Bertz CT molecular complexity index is 572. The molecule has 1 heterocycles. The molecule has 1 aliphatic rings. The summed E-state index contributed by atoms with van der Waals surface area (Å²) in [5, 5.41) is 3.77. The van der Waals surface area contributed by atoms with Gasteiger partial charge in [-0.05, 0) is 24.1 Å². The molecule has 2 atom stereocenters. The maximum absolute atomic E-state index is 6.02. The van der Waals surface area contributed by atoms with Gasteiger partial charge in [-0.1, -0.05) is 48.5 Å². The zero-order chi connectivity index (χ0) is 14.5. The van der Waals surface area contributed by atoms with Crippen LogP contribution in [0.3, 0.4) is 0 Å². The second-order valence-electron chi connectivity index (χ2n) is 5.33. The van der Waals surface area contributed by atoms with Crippen LogP contribution in [0.2, 0.25) is 0 Å². The van der Waals surface area contributed by atoms with E-state index in [1.165, 1.54) is 16.0 Å². The molecule has 1 N–H and O–H groups in total. The van der Waals surface area contributed by atoms with Crippen LogP contribution in [0.25, 0.3) is 0 Å². The van der Waals surface area contributed by atoms with Gasteiger partial charge in [-0.15, -0.1) is 24.2 Å². The quantitative estimate of drug-likeness (QED) is 0.844. The van der Waals surface area contributed by atoms with Gasteiger partial charge in [-0.25, -0.2) is 0 Å². The van der Waals surface area contributed by atoms with E-state index in [9.17, 15) is 0 Å². The molecule has 4 heteroatoms. The molecule has 0 radical (unpaired) electrons. The van der Waals surface area contributed by atoms with Gasteiger partial charge < -0.3 is 10.1 Å². The summed E-state index contributed by atoms with van der Waals surface area (Å²) in [7, 11) is 0. The minimum atomic E-state index is 0. The number of morpholine rings is 1. The third kappa shape index (κ3) is 4.26. The second kappa shape index (κ2) is 8.59. The summed E-state index contributed by atoms with van der Waals surface area (Å²) < 4.78 is 6.02. The highest BCUT2D eigenvalue weighted by molar-refractivity contribution is 7.99. The van der Waals surface area contributed by atoms with Crippen LogP contribution in [0.5, 0.6) is 0 Å². The normalized spacial score (nSPS) is 19.2. The van der Waals surface area contributed by atoms with Crippen molar-refractivity contribution in [3.63, 3.8) is 0 Å². The van der Waals surface area contributed by atoms with Crippen LogP contribution in [0.15, 0.2) is 59.5 Å². The molecule has 0 aromatic heterocycles. The number of benzene rings is 2. The van der Waals surface area contributed by atoms with Crippen LogP contribution >= 0.6 is 24.2 Å². The summed E-state index contributed by atoms with van der Waals surface area (Å²) in [4.78, 5) is 1.33. The molecule has 0 aliphatic carbocycles. The first kappa shape index (κ1) is 17.4. The van der Waals surface area contributed by atoms with Gasteiger partial charge in [-0.3, -0.25) is 0 Å². The molecular weight excluding hydrogens is 314 g/mol. The van der Waals surface area contributed by atoms with Crippen LogP contribution in [0.1, 0.15) is 16.4 Å². The Hall–Kier alpha value is -1.00. The van der Waals surface area contributed by atoms with Gasteiger partial charge in [-0.2, -0.15) is 0 Å². The van der Waals surface area contributed by atoms with E-state index >= 15 is 0 Å². The fraction of sp³-hybridized carbons (Fsp3) is 0.333. The number of ether oxygens (including phenoxy) is 1. The molecule has 22 heavy (non-hydrogen) atoms. The van der Waals surface area contributed by atoms with Crippen molar-refractivity contribution < 1.29 is 4.74 Å². The molecule has 2 nitrogen and oxygen atoms in total. The first-order chi connectivity index (χ1) is 10.3. The number of halogens is 1. The van der Waals surface area contributed by atoms with Crippen LogP contribution in [0, 0.1) is 6.92 Å². The minimum absolute atomic E-state index is 0. The highest BCUT2D eigenvalue weighted by atomic mass is 35.5. The van der Waals surface area contributed by atoms with E-state index in [4.69, 9.17) is 4.74 Å². The Morgan fingerprint density at radius 3 is 2.50 bits per heavy atom. The Balaban J connectivity index is 0.00000176. The van der Waals surface area contributed by atoms with Crippen LogP contribution in [-0.2, 0) is 4.74 Å². The van der Waals surface area contributed by atoms with Crippen LogP contribution < -0.4 is 5.32 Å². The van der Waals surface area contributed by atoms with Crippen molar-refractivity contribution in [1.29, 1.82) is 0 Å². The molecular formula is C18H22ClNOS. The third-order valence-electron chi connectivity index (χ3n) is 3.77. The molecule has 1 aliphatic heterocycles. The summed E-state index contributed by atoms with van der Waals surface area (Å²) in [6.07, 6.45) is 0.214. The largest absolute Gasteiger partial charge is 0.374 e. The zero-order valence-electron chi connectivity index (χ0n) is 12.7. The van der Waals surface area contributed by atoms with E-state index < -0.39 is 0 Å². The van der Waals surface area contributed by atoms with Gasteiger partial charge in [0.05, 0.1) is 18.0 Å². The van der Waals surface area contributed by atoms with Gasteiger partial charge in [0.1, 0.15) is 0 Å². The van der Waals surface area contributed by atoms with Crippen molar-refractivity contribution in [2.45, 2.75) is 23.2 Å². The van der Waals surface area contributed by atoms with Crippen molar-refractivity contribution in [3.05, 3.63) is 65.7 Å². The predicted octanol–water partition coefficient (Wildman–Crippen LogP) is 4.24. The maximum atomic E-state index is 6.02. The van der Waals surface area contributed by atoms with Crippen molar-refractivity contribution in [1.82, 2.24) is 5.32 Å². The van der Waals surface area contributed by atoms with Crippen molar-refractivity contribution in [3.8, 4) is 0 Å². The van der Waals surface area contributed by atoms with Gasteiger partial charge in [0.25, 0.3) is 0 Å². The molecule has 1 unspecified atom stereocenters. The van der Waals surface area contributed by atoms with Gasteiger partial charge in [0, 0.05) is 18.0 Å². The highest BCUT2D eigenvalue weighted by Gasteiger charge is 2.27. The Labute approximate surface area is 143 Å². The summed E-state index contributed by atoms with van der Waals surface area (Å²) in [6.45, 7) is 4.83. The first-order valence-electron chi connectivity index (χ1n) is 7.44. The van der Waals surface area contributed by atoms with Crippen LogP contribution in [-0.4, -0.2) is 25.8 Å². The fourth-order valence-corrected chi connectivity index (χ4v) is 3.91. The molecule has 0 spiro atoms. The second-order valence-corrected chi connectivity index (χ2v) is 6.51. The van der Waals surface area contributed by atoms with E-state index in [0.29, 0.717) is 5.25 Å². The SMILES string of the molecule is Cc1ccccc1SC(c1ccccc1)[C@H]1CNCCO1.Cl. The maximum Gasteiger partial charge on any atom is 0.0862 e. The van der Waals surface area contributed by atoms with Gasteiger partial charge in [0.2, 0.25) is 0 Å². The lowest BCUT2D eigenvalue weighted by atomic mass is 10.1. The lowest BCUT2D eigenvalue weighted by Crippen LogP contribution is -2.41. The number of thioether (sulfide) groups is 1. The highest BCUT2D eigenvalue weighted by Crippen LogP contribution is 2.40. The standard InChI is InChI=1S/C18H21NOS.ClH/c1-14-7-5-6-10-17(14)21-18(15-8-3-2-4-9-15)16-13-19-11-12-20-16;/h2-10,16,18-19H,11-13H2,1H3;1H/t16-,18?;/m1./s1. The predicted molar refractivity (Wildman–Crippen MR) is 96.1 cm³/mol. The number of rotatable bonds is 4. The van der Waals surface area contributed by atoms with Gasteiger partial charge >= 0.3 is 0 Å². The zero-order valence-corrected chi connectivity index (χ0v) is 14.3. The van der Waals surface area contributed by atoms with Crippen molar-refractivity contribution in [2.75, 3.05) is 19.7 Å². The summed E-state index contributed by atoms with van der Waals surface area (Å²) in [6, 6.07) is 19.3. The first-order valence-corrected chi connectivity index (χ1v) is 8.32. The van der Waals surface area contributed by atoms with E-state index in [2.05, 4.69) is 66.8 Å². The molecule has 0 saturated carbocycles. The molecule has 3 rings (SSSR count). The summed E-state index contributed by atoms with van der Waals surface area (Å²) >= 11 is 1.91. The summed E-state index contributed by atoms with van der Waals surface area (Å²) in [5.41, 5.74) is 2.66. The average molecular weight is 336 g/mol. The lowest BCUT2D eigenvalue weighted by molar-refractivity contribution is 0.0273. The molecule has 0 bridgehead atoms. The topological polar surface area (TPSA) is 21.3 Å². The van der Waals surface area contributed by atoms with E-state index in [1.807, 2.05) is 11.8 Å². The summed E-state index contributed by atoms with van der Waals surface area (Å²) in [5.74, 6) is 0. The van der Waals surface area contributed by atoms with E-state index in [-0.39, 0.29) is 18.5 Å². The molecule has 2 aromatic rings. The smallest absolute Gasteiger partial charge is 0.0862 e. The minimum Gasteiger partial charge on any atom is -0.374 e. The van der Waals surface area contributed by atoms with E-state index in [0.717, 1.165) is 19.7 Å². The van der Waals surface area contributed by atoms with E-state index in [1.54, 1.807) is 0 Å². The van der Waals surface area contributed by atoms with Crippen molar-refractivity contribution in [2.24, 2.45) is 0 Å². The average Bonchev–Trinajstić information content (AvgIpc) is 2.56. The molecule has 2 aromatic carbocycles. The Kier molecular flexibility index (Phi) is 6.77. The molecule has 1 fully saturated rings. The van der Waals surface area contributed by atoms with Crippen molar-refractivity contribution >= 4 is 24.2 Å². The molecule has 118 valence electrons. The third-order valence-corrected chi connectivity index (χ3v) is 5.31. The molecule has 0 amide bonds.